The molecule has 1 atom stereocenters. The normalized spacial score (nSPS) is 17.9. The molecule has 3 nitrogen and oxygen atoms in total. The molecule has 0 bridgehead atoms. The molecule has 1 aliphatic carbocycles. The van der Waals surface area contributed by atoms with Crippen LogP contribution in [0, 0.1) is 23.1 Å². The number of nitriles is 1. The first kappa shape index (κ1) is 13.5. The molecule has 4 heteroatoms. The molecule has 19 heavy (non-hydrogen) atoms. The molecule has 1 aromatic rings. The second-order valence-corrected chi connectivity index (χ2v) is 4.83. The Kier molecular flexibility index (Phi) is 3.84. The quantitative estimate of drug-likeness (QED) is 0.783. The molecule has 1 fully saturated rings. The minimum atomic E-state index is -0.858. The lowest BCUT2D eigenvalue weighted by molar-refractivity contribution is -0.149. The Bertz CT molecular complexity index is 517. The first-order valence-electron chi connectivity index (χ1n) is 6.46. The average Bonchev–Trinajstić information content (AvgIpc) is 2.33. The number of esters is 1. The van der Waals surface area contributed by atoms with Crippen LogP contribution in [0.25, 0.3) is 0 Å². The molecule has 0 radical (unpaired) electrons. The van der Waals surface area contributed by atoms with Gasteiger partial charge in [-0.05, 0) is 37.5 Å². The van der Waals surface area contributed by atoms with E-state index >= 15 is 0 Å². The van der Waals surface area contributed by atoms with Gasteiger partial charge in [0.05, 0.1) is 12.7 Å². The number of ether oxygens (including phenoxy) is 1. The third kappa shape index (κ3) is 2.33. The van der Waals surface area contributed by atoms with Gasteiger partial charge in [0.2, 0.25) is 0 Å². The van der Waals surface area contributed by atoms with Crippen molar-refractivity contribution in [1.82, 2.24) is 0 Å². The largest absolute Gasteiger partial charge is 0.465 e. The lowest BCUT2D eigenvalue weighted by Gasteiger charge is -2.44. The molecule has 0 aromatic heterocycles. The fourth-order valence-electron chi connectivity index (χ4n) is 2.73. The summed E-state index contributed by atoms with van der Waals surface area (Å²) in [7, 11) is 0. The third-order valence-electron chi connectivity index (χ3n) is 3.85. The highest BCUT2D eigenvalue weighted by atomic mass is 19.1. The van der Waals surface area contributed by atoms with Crippen molar-refractivity contribution in [2.24, 2.45) is 5.92 Å². The first-order valence-corrected chi connectivity index (χ1v) is 6.46. The predicted octanol–water partition coefficient (Wildman–Crippen LogP) is 2.95. The van der Waals surface area contributed by atoms with E-state index in [0.717, 1.165) is 12.0 Å². The van der Waals surface area contributed by atoms with Crippen molar-refractivity contribution in [3.8, 4) is 6.07 Å². The van der Waals surface area contributed by atoms with E-state index < -0.39 is 17.3 Å². The van der Waals surface area contributed by atoms with Gasteiger partial charge in [0.25, 0.3) is 0 Å². The van der Waals surface area contributed by atoms with E-state index in [2.05, 4.69) is 6.07 Å². The maximum absolute atomic E-state index is 13.4. The summed E-state index contributed by atoms with van der Waals surface area (Å²) in [5.41, 5.74) is 0.140. The van der Waals surface area contributed by atoms with Crippen LogP contribution in [0.5, 0.6) is 0 Å². The van der Waals surface area contributed by atoms with Crippen LogP contribution in [-0.4, -0.2) is 12.6 Å². The molecule has 100 valence electrons. The van der Waals surface area contributed by atoms with Crippen molar-refractivity contribution in [2.75, 3.05) is 6.61 Å². The molecule has 0 saturated heterocycles. The van der Waals surface area contributed by atoms with Gasteiger partial charge in [-0.15, -0.1) is 0 Å². The Morgan fingerprint density at radius 1 is 1.58 bits per heavy atom. The SMILES string of the molecule is CCOC(=O)C(C#N)C1(c2cccc(F)c2)CCC1. The number of benzene rings is 1. The Morgan fingerprint density at radius 2 is 2.32 bits per heavy atom. The molecule has 1 aliphatic rings. The van der Waals surface area contributed by atoms with Crippen LogP contribution in [0.1, 0.15) is 31.7 Å². The van der Waals surface area contributed by atoms with Gasteiger partial charge in [0.15, 0.2) is 5.92 Å². The fraction of sp³-hybridized carbons (Fsp3) is 0.467. The van der Waals surface area contributed by atoms with Crippen molar-refractivity contribution in [1.29, 1.82) is 5.26 Å². The predicted molar refractivity (Wildman–Crippen MR) is 67.7 cm³/mol. The summed E-state index contributed by atoms with van der Waals surface area (Å²) in [6.45, 7) is 1.96. The highest BCUT2D eigenvalue weighted by molar-refractivity contribution is 5.78. The van der Waals surface area contributed by atoms with E-state index in [1.54, 1.807) is 19.1 Å². The highest BCUT2D eigenvalue weighted by Gasteiger charge is 2.50. The molecular weight excluding hydrogens is 245 g/mol. The molecule has 0 spiro atoms. The number of carbonyl (C=O) groups is 1. The molecule has 0 amide bonds. The van der Waals surface area contributed by atoms with Crippen molar-refractivity contribution >= 4 is 5.97 Å². The summed E-state index contributed by atoms with van der Waals surface area (Å²) in [4.78, 5) is 11.9. The van der Waals surface area contributed by atoms with E-state index in [4.69, 9.17) is 4.74 Å². The van der Waals surface area contributed by atoms with Gasteiger partial charge in [-0.3, -0.25) is 4.79 Å². The van der Waals surface area contributed by atoms with E-state index in [-0.39, 0.29) is 12.4 Å². The van der Waals surface area contributed by atoms with Crippen LogP contribution >= 0.6 is 0 Å². The lowest BCUT2D eigenvalue weighted by atomic mass is 9.58. The zero-order valence-corrected chi connectivity index (χ0v) is 10.9. The van der Waals surface area contributed by atoms with Gasteiger partial charge >= 0.3 is 5.97 Å². The van der Waals surface area contributed by atoms with Crippen molar-refractivity contribution < 1.29 is 13.9 Å². The van der Waals surface area contributed by atoms with Crippen molar-refractivity contribution in [3.63, 3.8) is 0 Å². The van der Waals surface area contributed by atoms with Gasteiger partial charge in [0, 0.05) is 5.41 Å². The minimum absolute atomic E-state index is 0.246. The number of rotatable bonds is 4. The number of hydrogen-bond acceptors (Lipinski definition) is 3. The molecule has 0 aliphatic heterocycles. The zero-order chi connectivity index (χ0) is 13.9. The van der Waals surface area contributed by atoms with E-state index in [9.17, 15) is 14.4 Å². The number of halogens is 1. The summed E-state index contributed by atoms with van der Waals surface area (Å²) >= 11 is 0. The fourth-order valence-corrected chi connectivity index (χ4v) is 2.73. The minimum Gasteiger partial charge on any atom is -0.465 e. The van der Waals surface area contributed by atoms with Crippen LogP contribution < -0.4 is 0 Å². The highest BCUT2D eigenvalue weighted by Crippen LogP contribution is 2.49. The van der Waals surface area contributed by atoms with Gasteiger partial charge in [-0.2, -0.15) is 5.26 Å². The second-order valence-electron chi connectivity index (χ2n) is 4.83. The molecule has 2 rings (SSSR count). The Morgan fingerprint density at radius 3 is 2.79 bits per heavy atom. The molecule has 0 N–H and O–H groups in total. The summed E-state index contributed by atoms with van der Waals surface area (Å²) in [5.74, 6) is -1.71. The molecule has 0 heterocycles. The van der Waals surface area contributed by atoms with Crippen LogP contribution in [-0.2, 0) is 14.9 Å². The van der Waals surface area contributed by atoms with Crippen LogP contribution in [0.2, 0.25) is 0 Å². The molecule has 1 aromatic carbocycles. The standard InChI is InChI=1S/C15H16FNO2/c1-2-19-14(18)13(10-17)15(7-4-8-15)11-5-3-6-12(16)9-11/h3,5-6,9,13H,2,4,7-8H2,1H3. The maximum atomic E-state index is 13.4. The molecule has 1 saturated carbocycles. The Hall–Kier alpha value is -1.89. The lowest BCUT2D eigenvalue weighted by Crippen LogP contribution is -2.45. The smallest absolute Gasteiger partial charge is 0.324 e. The van der Waals surface area contributed by atoms with Crippen molar-refractivity contribution in [2.45, 2.75) is 31.6 Å². The van der Waals surface area contributed by atoms with E-state index in [1.807, 2.05) is 0 Å². The summed E-state index contributed by atoms with van der Waals surface area (Å²) < 4.78 is 18.3. The Labute approximate surface area is 112 Å². The van der Waals surface area contributed by atoms with Gasteiger partial charge in [-0.1, -0.05) is 18.6 Å². The van der Waals surface area contributed by atoms with Crippen LogP contribution in [0.15, 0.2) is 24.3 Å². The Balaban J connectivity index is 2.37. The number of nitrogens with zero attached hydrogens (tertiary/aromatic N) is 1. The van der Waals surface area contributed by atoms with Gasteiger partial charge < -0.3 is 4.74 Å². The van der Waals surface area contributed by atoms with Gasteiger partial charge in [0.1, 0.15) is 5.82 Å². The van der Waals surface area contributed by atoms with E-state index in [0.29, 0.717) is 12.8 Å². The first-order chi connectivity index (χ1) is 9.14. The van der Waals surface area contributed by atoms with E-state index in [1.165, 1.54) is 12.1 Å². The maximum Gasteiger partial charge on any atom is 0.324 e. The summed E-state index contributed by atoms with van der Waals surface area (Å²) in [6.07, 6.45) is 2.37. The van der Waals surface area contributed by atoms with Crippen LogP contribution in [0.4, 0.5) is 4.39 Å². The third-order valence-corrected chi connectivity index (χ3v) is 3.85. The number of hydrogen-bond donors (Lipinski definition) is 0. The van der Waals surface area contributed by atoms with Crippen molar-refractivity contribution in [3.05, 3.63) is 35.6 Å². The topological polar surface area (TPSA) is 50.1 Å². The van der Waals surface area contributed by atoms with Crippen LogP contribution in [0.3, 0.4) is 0 Å². The zero-order valence-electron chi connectivity index (χ0n) is 10.9. The number of carbonyl (C=O) groups excluding carboxylic acids is 1. The monoisotopic (exact) mass is 261 g/mol. The average molecular weight is 261 g/mol. The molecular formula is C15H16FNO2. The second kappa shape index (κ2) is 5.40. The summed E-state index contributed by atoms with van der Waals surface area (Å²) in [5, 5.41) is 9.31. The van der Waals surface area contributed by atoms with Gasteiger partial charge in [-0.25, -0.2) is 4.39 Å². The summed E-state index contributed by atoms with van der Waals surface area (Å²) in [6, 6.07) is 8.23. The molecule has 1 unspecified atom stereocenters.